The molecule has 1 fully saturated rings. The number of H-pyrrole nitrogens is 1. The molecule has 0 saturated heterocycles. The molecule has 0 radical (unpaired) electrons. The Hall–Kier alpha value is -2.23. The number of carbonyl (C=O) groups is 1. The molecule has 1 saturated carbocycles. The maximum absolute atomic E-state index is 12.0. The highest BCUT2D eigenvalue weighted by molar-refractivity contribution is 6.53. The van der Waals surface area contributed by atoms with Crippen LogP contribution in [0.3, 0.4) is 0 Å². The zero-order chi connectivity index (χ0) is 17.5. The van der Waals surface area contributed by atoms with Gasteiger partial charge in [-0.15, -0.1) is 23.2 Å². The Kier molecular flexibility index (Phi) is 3.94. The molecule has 2 aromatic rings. The van der Waals surface area contributed by atoms with E-state index in [1.165, 1.54) is 0 Å². The Morgan fingerprint density at radius 2 is 2.17 bits per heavy atom. The van der Waals surface area contributed by atoms with Gasteiger partial charge in [-0.3, -0.25) is 4.79 Å². The molecule has 0 unspecified atom stereocenters. The number of aliphatic hydroxyl groups excluding tert-OH is 1. The standard InChI is InChI=1S/C16H13Cl2N3O3/c1-15(8-16(15,17)18)14(23)24-7-12(22)9(6-19)13-20-10-4-2-3-5-11(10)21-13/h2-5,22H,7-8H2,1H3,(H,20,21)/b12-9-/t15-/m0/s1. The van der Waals surface area contributed by atoms with Gasteiger partial charge in [0.25, 0.3) is 0 Å². The molecule has 0 bridgehead atoms. The number of carbonyl (C=O) groups excluding carboxylic acids is 1. The molecule has 24 heavy (non-hydrogen) atoms. The van der Waals surface area contributed by atoms with Crippen LogP contribution in [-0.2, 0) is 9.53 Å². The van der Waals surface area contributed by atoms with E-state index >= 15 is 0 Å². The highest BCUT2D eigenvalue weighted by Crippen LogP contribution is 2.64. The van der Waals surface area contributed by atoms with Crippen molar-refractivity contribution in [3.63, 3.8) is 0 Å². The number of nitriles is 1. The number of fused-ring (bicyclic) bond motifs is 1. The number of esters is 1. The van der Waals surface area contributed by atoms with Crippen LogP contribution in [0.15, 0.2) is 30.0 Å². The van der Waals surface area contributed by atoms with Crippen molar-refractivity contribution in [1.82, 2.24) is 9.97 Å². The summed E-state index contributed by atoms with van der Waals surface area (Å²) in [7, 11) is 0. The number of nitrogens with one attached hydrogen (secondary N) is 1. The first kappa shape index (κ1) is 16.6. The van der Waals surface area contributed by atoms with Crippen molar-refractivity contribution in [3.8, 4) is 6.07 Å². The maximum atomic E-state index is 12.0. The minimum absolute atomic E-state index is 0.0945. The van der Waals surface area contributed by atoms with Crippen LogP contribution in [-0.4, -0.2) is 32.0 Å². The molecule has 1 heterocycles. The van der Waals surface area contributed by atoms with Crippen molar-refractivity contribution >= 4 is 45.8 Å². The SMILES string of the molecule is C[C@@]1(C(=O)OC/C(O)=C(\C#N)c2nc3ccccc3[nH]2)CC1(Cl)Cl. The smallest absolute Gasteiger partial charge is 0.315 e. The first-order chi connectivity index (χ1) is 11.3. The molecule has 0 spiro atoms. The largest absolute Gasteiger partial charge is 0.507 e. The van der Waals surface area contributed by atoms with Gasteiger partial charge >= 0.3 is 5.97 Å². The maximum Gasteiger partial charge on any atom is 0.315 e. The molecule has 1 aromatic carbocycles. The van der Waals surface area contributed by atoms with Gasteiger partial charge in [0, 0.05) is 6.42 Å². The zero-order valence-electron chi connectivity index (χ0n) is 12.6. The summed E-state index contributed by atoms with van der Waals surface area (Å²) >= 11 is 11.8. The van der Waals surface area contributed by atoms with Crippen molar-refractivity contribution < 1.29 is 14.6 Å². The van der Waals surface area contributed by atoms with Gasteiger partial charge in [0.15, 0.2) is 11.6 Å². The number of hydrogen-bond acceptors (Lipinski definition) is 5. The summed E-state index contributed by atoms with van der Waals surface area (Å²) in [5.74, 6) is -0.821. The van der Waals surface area contributed by atoms with E-state index < -0.39 is 28.1 Å². The second kappa shape index (κ2) is 5.69. The fourth-order valence-corrected chi connectivity index (χ4v) is 3.00. The fraction of sp³-hybridized carbons (Fsp3) is 0.312. The van der Waals surface area contributed by atoms with Gasteiger partial charge in [0.1, 0.15) is 28.0 Å². The average Bonchev–Trinajstić information content (AvgIpc) is 2.89. The van der Waals surface area contributed by atoms with Crippen molar-refractivity contribution in [2.45, 2.75) is 17.7 Å². The normalized spacial score (nSPS) is 22.6. The summed E-state index contributed by atoms with van der Waals surface area (Å²) in [6.07, 6.45) is 0.279. The zero-order valence-corrected chi connectivity index (χ0v) is 14.1. The van der Waals surface area contributed by atoms with Crippen LogP contribution < -0.4 is 0 Å². The van der Waals surface area contributed by atoms with Crippen molar-refractivity contribution in [1.29, 1.82) is 5.26 Å². The Labute approximate surface area is 147 Å². The molecular weight excluding hydrogens is 353 g/mol. The summed E-state index contributed by atoms with van der Waals surface area (Å²) < 4.78 is 3.88. The number of para-hydroxylation sites is 2. The number of aliphatic hydroxyl groups is 1. The lowest BCUT2D eigenvalue weighted by atomic mass is 10.1. The van der Waals surface area contributed by atoms with Gasteiger partial charge in [0.05, 0.1) is 11.0 Å². The Balaban J connectivity index is 1.79. The molecule has 1 atom stereocenters. The molecule has 6 nitrogen and oxygen atoms in total. The average molecular weight is 366 g/mol. The molecule has 1 aromatic heterocycles. The first-order valence-corrected chi connectivity index (χ1v) is 7.86. The summed E-state index contributed by atoms with van der Waals surface area (Å²) in [5.41, 5.74) is 0.292. The molecule has 0 amide bonds. The summed E-state index contributed by atoms with van der Waals surface area (Å²) in [6.45, 7) is 1.12. The Bertz CT molecular complexity index is 864. The van der Waals surface area contributed by atoms with Gasteiger partial charge < -0.3 is 14.8 Å². The number of ether oxygens (including phenoxy) is 1. The molecule has 1 aliphatic rings. The lowest BCUT2D eigenvalue weighted by Crippen LogP contribution is -2.22. The summed E-state index contributed by atoms with van der Waals surface area (Å²) in [6, 6.07) is 9.07. The third-order valence-electron chi connectivity index (χ3n) is 4.07. The van der Waals surface area contributed by atoms with Crippen LogP contribution in [0.1, 0.15) is 19.2 Å². The Morgan fingerprint density at radius 3 is 2.75 bits per heavy atom. The van der Waals surface area contributed by atoms with E-state index in [-0.39, 0.29) is 17.8 Å². The van der Waals surface area contributed by atoms with Gasteiger partial charge in [-0.2, -0.15) is 5.26 Å². The number of halogens is 2. The fourth-order valence-electron chi connectivity index (χ4n) is 2.31. The van der Waals surface area contributed by atoms with E-state index in [9.17, 15) is 15.2 Å². The molecule has 3 rings (SSSR count). The molecule has 8 heteroatoms. The van der Waals surface area contributed by atoms with Gasteiger partial charge in [-0.1, -0.05) is 12.1 Å². The third kappa shape index (κ3) is 2.70. The van der Waals surface area contributed by atoms with Gasteiger partial charge in [-0.05, 0) is 19.1 Å². The topological polar surface area (TPSA) is 99.0 Å². The van der Waals surface area contributed by atoms with Crippen molar-refractivity contribution in [2.75, 3.05) is 6.61 Å². The van der Waals surface area contributed by atoms with E-state index in [4.69, 9.17) is 27.9 Å². The minimum Gasteiger partial charge on any atom is -0.507 e. The minimum atomic E-state index is -1.15. The van der Waals surface area contributed by atoms with E-state index in [1.807, 2.05) is 18.2 Å². The van der Waals surface area contributed by atoms with E-state index in [2.05, 4.69) is 9.97 Å². The summed E-state index contributed by atoms with van der Waals surface area (Å²) in [4.78, 5) is 19.2. The van der Waals surface area contributed by atoms with Crippen LogP contribution in [0.25, 0.3) is 16.6 Å². The summed E-state index contributed by atoms with van der Waals surface area (Å²) in [5, 5.41) is 19.4. The van der Waals surface area contributed by atoms with Crippen LogP contribution in [0.4, 0.5) is 0 Å². The number of allylic oxidation sites excluding steroid dienone is 1. The number of alkyl halides is 2. The monoisotopic (exact) mass is 365 g/mol. The lowest BCUT2D eigenvalue weighted by molar-refractivity contribution is -0.149. The number of benzene rings is 1. The van der Waals surface area contributed by atoms with Crippen LogP contribution >= 0.6 is 23.2 Å². The van der Waals surface area contributed by atoms with E-state index in [0.29, 0.717) is 5.52 Å². The number of nitrogens with zero attached hydrogens (tertiary/aromatic N) is 2. The third-order valence-corrected chi connectivity index (χ3v) is 5.18. The highest BCUT2D eigenvalue weighted by atomic mass is 35.5. The van der Waals surface area contributed by atoms with Gasteiger partial charge in [0.2, 0.25) is 0 Å². The predicted molar refractivity (Wildman–Crippen MR) is 89.4 cm³/mol. The number of imidazole rings is 1. The quantitative estimate of drug-likeness (QED) is 0.374. The lowest BCUT2D eigenvalue weighted by Gasteiger charge is -2.11. The van der Waals surface area contributed by atoms with E-state index in [0.717, 1.165) is 5.52 Å². The van der Waals surface area contributed by atoms with Crippen molar-refractivity contribution in [3.05, 3.63) is 35.8 Å². The van der Waals surface area contributed by atoms with E-state index in [1.54, 1.807) is 19.1 Å². The van der Waals surface area contributed by atoms with Crippen LogP contribution in [0.5, 0.6) is 0 Å². The molecule has 2 N–H and O–H groups in total. The first-order valence-electron chi connectivity index (χ1n) is 7.11. The number of rotatable bonds is 4. The Morgan fingerprint density at radius 1 is 1.50 bits per heavy atom. The highest BCUT2D eigenvalue weighted by Gasteiger charge is 2.69. The second-order valence-corrected chi connectivity index (χ2v) is 7.31. The van der Waals surface area contributed by atoms with Crippen LogP contribution in [0, 0.1) is 16.7 Å². The number of aromatic amines is 1. The molecule has 124 valence electrons. The van der Waals surface area contributed by atoms with Gasteiger partial charge in [-0.25, -0.2) is 4.98 Å². The molecule has 1 aliphatic carbocycles. The molecular formula is C16H13Cl2N3O3. The second-order valence-electron chi connectivity index (χ2n) is 5.83. The van der Waals surface area contributed by atoms with Crippen molar-refractivity contribution in [2.24, 2.45) is 5.41 Å². The number of aromatic nitrogens is 2. The van der Waals surface area contributed by atoms with Crippen LogP contribution in [0.2, 0.25) is 0 Å². The number of hydrogen-bond donors (Lipinski definition) is 2. The predicted octanol–water partition coefficient (Wildman–Crippen LogP) is 3.48. The molecule has 0 aliphatic heterocycles.